The standard InChI is InChI=1S/C15H13N3S2/c1-11-4-2-3-5-14(11)18-15(19)17-12-6-8-13(9-7-12)20-10-16/h2-9H,1H3,(H2,17,18,19). The van der Waals surface area contributed by atoms with E-state index >= 15 is 0 Å². The lowest BCUT2D eigenvalue weighted by Crippen LogP contribution is -2.19. The third-order valence-electron chi connectivity index (χ3n) is 2.67. The molecule has 0 radical (unpaired) electrons. The molecule has 20 heavy (non-hydrogen) atoms. The first-order valence-corrected chi connectivity index (χ1v) is 7.21. The van der Waals surface area contributed by atoms with Gasteiger partial charge in [-0.15, -0.1) is 0 Å². The van der Waals surface area contributed by atoms with Crippen molar-refractivity contribution < 1.29 is 0 Å². The molecule has 0 aromatic heterocycles. The number of thioether (sulfide) groups is 1. The number of rotatable bonds is 3. The predicted molar refractivity (Wildman–Crippen MR) is 88.9 cm³/mol. The average Bonchev–Trinajstić information content (AvgIpc) is 2.44. The first-order chi connectivity index (χ1) is 9.69. The van der Waals surface area contributed by atoms with Gasteiger partial charge in [0.2, 0.25) is 0 Å². The number of anilines is 2. The Kier molecular flexibility index (Phi) is 4.99. The van der Waals surface area contributed by atoms with E-state index in [2.05, 4.69) is 10.6 Å². The summed E-state index contributed by atoms with van der Waals surface area (Å²) in [5.74, 6) is 0. The van der Waals surface area contributed by atoms with E-state index in [1.54, 1.807) is 0 Å². The molecular formula is C15H13N3S2. The molecule has 5 heteroatoms. The van der Waals surface area contributed by atoms with Crippen LogP contribution in [0.5, 0.6) is 0 Å². The van der Waals surface area contributed by atoms with E-state index in [0.717, 1.165) is 33.6 Å². The molecule has 0 aliphatic rings. The molecule has 0 fully saturated rings. The van der Waals surface area contributed by atoms with Gasteiger partial charge in [-0.05, 0) is 66.8 Å². The fourth-order valence-corrected chi connectivity index (χ4v) is 2.26. The Morgan fingerprint density at radius 3 is 2.45 bits per heavy atom. The van der Waals surface area contributed by atoms with E-state index < -0.39 is 0 Å². The van der Waals surface area contributed by atoms with E-state index in [1.165, 1.54) is 0 Å². The average molecular weight is 299 g/mol. The molecule has 3 nitrogen and oxygen atoms in total. The Labute approximate surface area is 128 Å². The number of benzene rings is 2. The van der Waals surface area contributed by atoms with Crippen LogP contribution in [-0.4, -0.2) is 5.11 Å². The van der Waals surface area contributed by atoms with Gasteiger partial charge >= 0.3 is 0 Å². The lowest BCUT2D eigenvalue weighted by Gasteiger charge is -2.12. The van der Waals surface area contributed by atoms with Crippen LogP contribution in [0.2, 0.25) is 0 Å². The second-order valence-corrected chi connectivity index (χ2v) is 5.38. The fraction of sp³-hybridized carbons (Fsp3) is 0.0667. The molecule has 0 atom stereocenters. The van der Waals surface area contributed by atoms with Crippen molar-refractivity contribution in [1.82, 2.24) is 0 Å². The van der Waals surface area contributed by atoms with Crippen LogP contribution in [0.15, 0.2) is 53.4 Å². The topological polar surface area (TPSA) is 47.8 Å². The van der Waals surface area contributed by atoms with Crippen LogP contribution in [0.25, 0.3) is 0 Å². The summed E-state index contributed by atoms with van der Waals surface area (Å²) in [5, 5.41) is 17.5. The van der Waals surface area contributed by atoms with E-state index in [1.807, 2.05) is 60.9 Å². The summed E-state index contributed by atoms with van der Waals surface area (Å²) in [5.41, 5.74) is 3.01. The van der Waals surface area contributed by atoms with Crippen molar-refractivity contribution in [1.29, 1.82) is 5.26 Å². The number of aryl methyl sites for hydroxylation is 1. The number of hydrogen-bond acceptors (Lipinski definition) is 3. The highest BCUT2D eigenvalue weighted by atomic mass is 32.2. The summed E-state index contributed by atoms with van der Waals surface area (Å²) < 4.78 is 0. The second kappa shape index (κ2) is 6.94. The predicted octanol–water partition coefficient (Wildman–Crippen LogP) is 4.38. The van der Waals surface area contributed by atoms with E-state index in [9.17, 15) is 0 Å². The van der Waals surface area contributed by atoms with Crippen LogP contribution >= 0.6 is 24.0 Å². The van der Waals surface area contributed by atoms with Crippen LogP contribution in [0, 0.1) is 17.6 Å². The Bertz CT molecular complexity index is 645. The molecule has 2 aromatic rings. The highest BCUT2D eigenvalue weighted by Crippen LogP contribution is 2.19. The maximum absolute atomic E-state index is 8.59. The van der Waals surface area contributed by atoms with Gasteiger partial charge in [-0.3, -0.25) is 0 Å². The smallest absolute Gasteiger partial charge is 0.175 e. The zero-order valence-corrected chi connectivity index (χ0v) is 12.5. The van der Waals surface area contributed by atoms with Crippen LogP contribution in [0.1, 0.15) is 5.56 Å². The zero-order chi connectivity index (χ0) is 14.4. The highest BCUT2D eigenvalue weighted by Gasteiger charge is 2.01. The van der Waals surface area contributed by atoms with Gasteiger partial charge in [-0.25, -0.2) is 0 Å². The molecule has 0 saturated carbocycles. The minimum atomic E-state index is 0.542. The second-order valence-electron chi connectivity index (χ2n) is 4.11. The number of nitriles is 1. The number of nitrogens with one attached hydrogen (secondary N) is 2. The van der Waals surface area contributed by atoms with Gasteiger partial charge in [0, 0.05) is 16.3 Å². The van der Waals surface area contributed by atoms with Gasteiger partial charge in [-0.1, -0.05) is 18.2 Å². The molecule has 0 amide bonds. The minimum Gasteiger partial charge on any atom is -0.332 e. The number of hydrogen-bond donors (Lipinski definition) is 2. The number of thiocyanates is 1. The first-order valence-electron chi connectivity index (χ1n) is 5.98. The van der Waals surface area contributed by atoms with Crippen LogP contribution in [0.3, 0.4) is 0 Å². The summed E-state index contributed by atoms with van der Waals surface area (Å²) in [6.45, 7) is 2.03. The Hall–Kier alpha value is -2.03. The van der Waals surface area contributed by atoms with Gasteiger partial charge in [0.05, 0.1) is 0 Å². The minimum absolute atomic E-state index is 0.542. The van der Waals surface area contributed by atoms with Crippen molar-refractivity contribution in [3.05, 3.63) is 54.1 Å². The summed E-state index contributed by atoms with van der Waals surface area (Å²) in [7, 11) is 0. The maximum Gasteiger partial charge on any atom is 0.175 e. The zero-order valence-electron chi connectivity index (χ0n) is 10.9. The monoisotopic (exact) mass is 299 g/mol. The Morgan fingerprint density at radius 2 is 1.80 bits per heavy atom. The molecule has 2 rings (SSSR count). The largest absolute Gasteiger partial charge is 0.332 e. The lowest BCUT2D eigenvalue weighted by molar-refractivity contribution is 1.44. The van der Waals surface area contributed by atoms with Crippen molar-refractivity contribution in [2.75, 3.05) is 10.6 Å². The quantitative estimate of drug-likeness (QED) is 0.500. The van der Waals surface area contributed by atoms with Gasteiger partial charge in [-0.2, -0.15) is 5.26 Å². The molecule has 0 saturated heterocycles. The molecule has 0 aliphatic heterocycles. The summed E-state index contributed by atoms with van der Waals surface area (Å²) in [6.07, 6.45) is 0. The molecule has 2 aromatic carbocycles. The Morgan fingerprint density at radius 1 is 1.10 bits per heavy atom. The molecule has 0 aliphatic carbocycles. The van der Waals surface area contributed by atoms with Crippen molar-refractivity contribution in [3.63, 3.8) is 0 Å². The van der Waals surface area contributed by atoms with Gasteiger partial charge in [0.1, 0.15) is 5.40 Å². The maximum atomic E-state index is 8.59. The summed E-state index contributed by atoms with van der Waals surface area (Å²) in [6, 6.07) is 15.5. The molecule has 0 spiro atoms. The van der Waals surface area contributed by atoms with E-state index in [-0.39, 0.29) is 0 Å². The fourth-order valence-electron chi connectivity index (χ4n) is 1.66. The molecule has 0 heterocycles. The summed E-state index contributed by atoms with van der Waals surface area (Å²) in [4.78, 5) is 0.913. The molecule has 2 N–H and O–H groups in total. The molecule has 0 bridgehead atoms. The van der Waals surface area contributed by atoms with Crippen LogP contribution in [-0.2, 0) is 0 Å². The molecule has 100 valence electrons. The van der Waals surface area contributed by atoms with Gasteiger partial charge in [0.15, 0.2) is 5.11 Å². The highest BCUT2D eigenvalue weighted by molar-refractivity contribution is 8.03. The third kappa shape index (κ3) is 3.98. The van der Waals surface area contributed by atoms with Crippen molar-refractivity contribution in [3.8, 4) is 5.40 Å². The SMILES string of the molecule is Cc1ccccc1NC(=S)Nc1ccc(SC#N)cc1. The molecular weight excluding hydrogens is 286 g/mol. The van der Waals surface area contributed by atoms with Crippen molar-refractivity contribution in [2.45, 2.75) is 11.8 Å². The van der Waals surface area contributed by atoms with Gasteiger partial charge < -0.3 is 10.6 Å². The number of thiocarbonyl (C=S) groups is 1. The molecule has 0 unspecified atom stereocenters. The Balaban J connectivity index is 1.98. The van der Waals surface area contributed by atoms with Crippen LogP contribution < -0.4 is 10.6 Å². The van der Waals surface area contributed by atoms with E-state index in [4.69, 9.17) is 17.5 Å². The van der Waals surface area contributed by atoms with Crippen molar-refractivity contribution >= 4 is 40.5 Å². The summed E-state index contributed by atoms with van der Waals surface area (Å²) >= 11 is 6.42. The lowest BCUT2D eigenvalue weighted by atomic mass is 10.2. The van der Waals surface area contributed by atoms with Gasteiger partial charge in [0.25, 0.3) is 0 Å². The number of nitrogens with zero attached hydrogens (tertiary/aromatic N) is 1. The number of para-hydroxylation sites is 1. The van der Waals surface area contributed by atoms with E-state index in [0.29, 0.717) is 5.11 Å². The van der Waals surface area contributed by atoms with Crippen LogP contribution in [0.4, 0.5) is 11.4 Å². The first kappa shape index (κ1) is 14.4. The third-order valence-corrected chi connectivity index (χ3v) is 3.47. The van der Waals surface area contributed by atoms with Crippen molar-refractivity contribution in [2.24, 2.45) is 0 Å². The normalized spacial score (nSPS) is 9.60.